The lowest BCUT2D eigenvalue weighted by molar-refractivity contribution is -0.379. The molecule has 12 N–H and O–H groups in total. The van der Waals surface area contributed by atoms with Crippen molar-refractivity contribution < 1.29 is 89.4 Å². The van der Waals surface area contributed by atoms with Gasteiger partial charge in [-0.25, -0.2) is 0 Å². The van der Waals surface area contributed by atoms with E-state index in [1.807, 2.05) is 0 Å². The lowest BCUT2D eigenvalue weighted by Gasteiger charge is -2.48. The molecule has 466 valence electrons. The summed E-state index contributed by atoms with van der Waals surface area (Å²) in [6.07, 6.45) is 17.4. The number of allylic oxidation sites excluding steroid dienone is 2. The van der Waals surface area contributed by atoms with Crippen molar-refractivity contribution in [3.63, 3.8) is 0 Å². The van der Waals surface area contributed by atoms with Crippen molar-refractivity contribution >= 4 is 5.91 Å². The molecule has 0 aromatic carbocycles. The van der Waals surface area contributed by atoms with Crippen molar-refractivity contribution in [1.82, 2.24) is 5.32 Å². The molecular weight excluding hydrogens is 1020 g/mol. The Morgan fingerprint density at radius 3 is 1.23 bits per heavy atom. The molecule has 0 spiro atoms. The van der Waals surface area contributed by atoms with E-state index < -0.39 is 124 Å². The maximum absolute atomic E-state index is 13.3. The molecule has 3 aliphatic heterocycles. The Morgan fingerprint density at radius 2 is 0.797 bits per heavy atom. The first-order valence-corrected chi connectivity index (χ1v) is 31.4. The van der Waals surface area contributed by atoms with E-state index in [1.165, 1.54) is 154 Å². The molecule has 17 atom stereocenters. The predicted molar refractivity (Wildman–Crippen MR) is 300 cm³/mol. The summed E-state index contributed by atoms with van der Waals surface area (Å²) in [6.45, 7) is 1.78. The van der Waals surface area contributed by atoms with Gasteiger partial charge in [0.05, 0.1) is 38.6 Å². The molecule has 19 heteroatoms. The third kappa shape index (κ3) is 27.9. The number of hydrogen-bond donors (Lipinski definition) is 12. The third-order valence-electron chi connectivity index (χ3n) is 16.1. The lowest BCUT2D eigenvalue weighted by atomic mass is 9.96. The predicted octanol–water partition coefficient (Wildman–Crippen LogP) is 6.16. The molecule has 3 fully saturated rings. The van der Waals surface area contributed by atoms with Gasteiger partial charge >= 0.3 is 0 Å². The number of carbonyl (C=O) groups is 1. The van der Waals surface area contributed by atoms with Gasteiger partial charge in [0.1, 0.15) is 73.2 Å². The maximum Gasteiger partial charge on any atom is 0.220 e. The van der Waals surface area contributed by atoms with Gasteiger partial charge in [0.15, 0.2) is 18.9 Å². The first-order chi connectivity index (χ1) is 38.3. The number of aliphatic hydroxyl groups excluding tert-OH is 11. The second-order valence-corrected chi connectivity index (χ2v) is 22.9. The summed E-state index contributed by atoms with van der Waals surface area (Å²) in [6, 6.07) is -0.882. The maximum atomic E-state index is 13.3. The summed E-state index contributed by atoms with van der Waals surface area (Å²) in [7, 11) is 0. The third-order valence-corrected chi connectivity index (χ3v) is 16.1. The van der Waals surface area contributed by atoms with Crippen LogP contribution in [0.5, 0.6) is 0 Å². The van der Waals surface area contributed by atoms with Gasteiger partial charge in [-0.2, -0.15) is 0 Å². The molecule has 19 nitrogen and oxygen atoms in total. The number of amides is 1. The van der Waals surface area contributed by atoms with Crippen molar-refractivity contribution in [2.75, 3.05) is 26.4 Å². The molecule has 1 amide bonds. The normalized spacial score (nSPS) is 30.3. The molecule has 17 unspecified atom stereocenters. The Morgan fingerprint density at radius 1 is 0.443 bits per heavy atom. The topological polar surface area (TPSA) is 307 Å². The van der Waals surface area contributed by atoms with Crippen LogP contribution in [0.3, 0.4) is 0 Å². The smallest absolute Gasteiger partial charge is 0.220 e. The number of carbonyl (C=O) groups excluding carboxylic acids is 1. The molecular formula is C60H113NO18. The summed E-state index contributed by atoms with van der Waals surface area (Å²) in [5.74, 6) is -0.243. The van der Waals surface area contributed by atoms with Crippen LogP contribution in [0.25, 0.3) is 0 Å². The highest BCUT2D eigenvalue weighted by Crippen LogP contribution is 2.33. The van der Waals surface area contributed by atoms with Gasteiger partial charge in [-0.3, -0.25) is 4.79 Å². The quantitative estimate of drug-likeness (QED) is 0.0240. The van der Waals surface area contributed by atoms with E-state index in [0.717, 1.165) is 44.9 Å². The van der Waals surface area contributed by atoms with Crippen molar-refractivity contribution in [1.29, 1.82) is 0 Å². The number of nitrogens with one attached hydrogen (secondary N) is 1. The van der Waals surface area contributed by atoms with Crippen LogP contribution in [-0.4, -0.2) is 193 Å². The minimum absolute atomic E-state index is 0.243. The van der Waals surface area contributed by atoms with E-state index in [1.54, 1.807) is 0 Å². The van der Waals surface area contributed by atoms with Gasteiger partial charge in [0, 0.05) is 6.42 Å². The van der Waals surface area contributed by atoms with Crippen LogP contribution in [0, 0.1) is 0 Å². The van der Waals surface area contributed by atoms with Gasteiger partial charge in [0.25, 0.3) is 0 Å². The summed E-state index contributed by atoms with van der Waals surface area (Å²) in [4.78, 5) is 13.3. The number of ether oxygens (including phenoxy) is 6. The summed E-state index contributed by atoms with van der Waals surface area (Å²) >= 11 is 0. The fourth-order valence-electron chi connectivity index (χ4n) is 10.9. The molecule has 3 aliphatic rings. The Balaban J connectivity index is 1.44. The van der Waals surface area contributed by atoms with E-state index in [9.17, 15) is 61.0 Å². The monoisotopic (exact) mass is 1140 g/mol. The minimum atomic E-state index is -1.97. The van der Waals surface area contributed by atoms with E-state index >= 15 is 0 Å². The molecule has 0 aromatic rings. The van der Waals surface area contributed by atoms with Crippen LogP contribution in [0.15, 0.2) is 12.2 Å². The number of unbranched alkanes of at least 4 members (excludes halogenated alkanes) is 29. The number of aliphatic hydroxyl groups is 11. The van der Waals surface area contributed by atoms with Crippen molar-refractivity contribution in [2.45, 2.75) is 336 Å². The second-order valence-electron chi connectivity index (χ2n) is 22.9. The standard InChI is InChI=1S/C60H113NO18/c1-3-5-7-9-11-13-15-16-17-18-19-20-21-22-23-24-25-26-28-30-32-34-36-38-48(66)61-43(44(65)37-35-33-31-29-27-14-12-10-8-6-4-2)42-74-58-54(72)51(69)56(46(40-63)76-58)79-60-55(73)52(70)57(47(41-64)77-60)78-59-53(71)50(68)49(67)45(39-62)75-59/h18-19,43-47,49-60,62-65,67-73H,3-17,20-42H2,1-2H3,(H,61,66)/b19-18-. The average molecular weight is 1140 g/mol. The van der Waals surface area contributed by atoms with Crippen LogP contribution in [0.4, 0.5) is 0 Å². The largest absolute Gasteiger partial charge is 0.394 e. The van der Waals surface area contributed by atoms with Gasteiger partial charge in [-0.15, -0.1) is 0 Å². The van der Waals surface area contributed by atoms with E-state index in [0.29, 0.717) is 12.8 Å². The highest BCUT2D eigenvalue weighted by atomic mass is 16.8. The minimum Gasteiger partial charge on any atom is -0.394 e. The summed E-state index contributed by atoms with van der Waals surface area (Å²) in [5, 5.41) is 120. The van der Waals surface area contributed by atoms with Crippen LogP contribution in [0.2, 0.25) is 0 Å². The van der Waals surface area contributed by atoms with E-state index in [4.69, 9.17) is 28.4 Å². The molecule has 0 saturated carbocycles. The fraction of sp³-hybridized carbons (Fsp3) is 0.950. The van der Waals surface area contributed by atoms with Crippen molar-refractivity contribution in [3.8, 4) is 0 Å². The van der Waals surface area contributed by atoms with Crippen molar-refractivity contribution in [2.24, 2.45) is 0 Å². The fourth-order valence-corrected chi connectivity index (χ4v) is 10.9. The Hall–Kier alpha value is -1.47. The lowest BCUT2D eigenvalue weighted by Crippen LogP contribution is -2.66. The number of rotatable bonds is 47. The van der Waals surface area contributed by atoms with Crippen LogP contribution in [0.1, 0.15) is 232 Å². The Kier molecular flexibility index (Phi) is 40.1. The molecule has 79 heavy (non-hydrogen) atoms. The summed E-state index contributed by atoms with van der Waals surface area (Å²) in [5.41, 5.74) is 0. The number of hydrogen-bond acceptors (Lipinski definition) is 18. The Labute approximate surface area is 474 Å². The average Bonchev–Trinajstić information content (AvgIpc) is 3.49. The molecule has 0 aromatic heterocycles. The van der Waals surface area contributed by atoms with Crippen molar-refractivity contribution in [3.05, 3.63) is 12.2 Å². The molecule has 3 rings (SSSR count). The molecule has 3 saturated heterocycles. The van der Waals surface area contributed by atoms with Gasteiger partial charge in [-0.05, 0) is 38.5 Å². The zero-order valence-electron chi connectivity index (χ0n) is 48.6. The van der Waals surface area contributed by atoms with E-state index in [2.05, 4.69) is 31.3 Å². The van der Waals surface area contributed by atoms with Crippen LogP contribution >= 0.6 is 0 Å². The first kappa shape index (κ1) is 71.8. The van der Waals surface area contributed by atoms with Gasteiger partial charge < -0.3 is 89.9 Å². The highest BCUT2D eigenvalue weighted by Gasteiger charge is 2.53. The van der Waals surface area contributed by atoms with Gasteiger partial charge in [0.2, 0.25) is 5.91 Å². The second kappa shape index (κ2) is 44.1. The van der Waals surface area contributed by atoms with Gasteiger partial charge in [-0.1, -0.05) is 199 Å². The molecule has 0 radical (unpaired) electrons. The molecule has 0 bridgehead atoms. The molecule has 3 heterocycles. The summed E-state index contributed by atoms with van der Waals surface area (Å²) < 4.78 is 34.3. The first-order valence-electron chi connectivity index (χ1n) is 31.4. The molecule has 0 aliphatic carbocycles. The van der Waals surface area contributed by atoms with Crippen LogP contribution < -0.4 is 5.32 Å². The SMILES string of the molecule is CCCCCCCCCC/C=C\CCCCCCCCCCCCCC(=O)NC(COC1OC(CO)C(OC2OC(CO)C(OC3OC(CO)C(O)C(O)C3O)C(O)C2O)C(O)C1O)C(O)CCCCCCCCCCCCC. The highest BCUT2D eigenvalue weighted by molar-refractivity contribution is 5.76. The van der Waals surface area contributed by atoms with Crippen LogP contribution in [-0.2, 0) is 33.2 Å². The zero-order valence-corrected chi connectivity index (χ0v) is 48.6. The zero-order chi connectivity index (χ0) is 57.6. The Bertz CT molecular complexity index is 1500. The van der Waals surface area contributed by atoms with E-state index in [-0.39, 0.29) is 18.9 Å².